The van der Waals surface area contributed by atoms with Gasteiger partial charge in [-0.25, -0.2) is 9.59 Å². The van der Waals surface area contributed by atoms with Crippen LogP contribution in [0.3, 0.4) is 0 Å². The lowest BCUT2D eigenvalue weighted by Crippen LogP contribution is -2.34. The van der Waals surface area contributed by atoms with Gasteiger partial charge >= 0.3 is 23.9 Å². The molecule has 0 bridgehead atoms. The molecular formula is C29H52O9. The van der Waals surface area contributed by atoms with E-state index in [4.69, 9.17) is 23.7 Å². The first kappa shape index (κ1) is 39.8. The van der Waals surface area contributed by atoms with Crippen molar-refractivity contribution in [2.75, 3.05) is 19.8 Å². The highest BCUT2D eigenvalue weighted by molar-refractivity contribution is 5.88. The number of hydrogen-bond acceptors (Lipinski definition) is 9. The van der Waals surface area contributed by atoms with Crippen molar-refractivity contribution in [2.45, 2.75) is 107 Å². The zero-order valence-corrected chi connectivity index (χ0v) is 23.1. The topological polar surface area (TPSA) is 114 Å². The predicted molar refractivity (Wildman–Crippen MR) is 148 cm³/mol. The molecule has 1 aliphatic rings. The first-order valence-electron chi connectivity index (χ1n) is 12.4. The van der Waals surface area contributed by atoms with Crippen molar-refractivity contribution in [1.29, 1.82) is 0 Å². The van der Waals surface area contributed by atoms with Crippen molar-refractivity contribution >= 4 is 23.9 Å². The van der Waals surface area contributed by atoms with Crippen LogP contribution >= 0.6 is 0 Å². The quantitative estimate of drug-likeness (QED) is 0.166. The normalized spacial score (nSPS) is 16.5. The van der Waals surface area contributed by atoms with E-state index in [1.165, 1.54) is 0 Å². The van der Waals surface area contributed by atoms with E-state index < -0.39 is 30.1 Å². The number of carbonyl (C=O) groups is 4. The fourth-order valence-electron chi connectivity index (χ4n) is 3.00. The second-order valence-corrected chi connectivity index (χ2v) is 9.45. The highest BCUT2D eigenvalue weighted by Crippen LogP contribution is 2.21. The van der Waals surface area contributed by atoms with Gasteiger partial charge in [-0.15, -0.1) is 0 Å². The summed E-state index contributed by atoms with van der Waals surface area (Å²) in [5.41, 5.74) is 0.401. The van der Waals surface area contributed by atoms with Crippen LogP contribution in [0.15, 0.2) is 24.3 Å². The van der Waals surface area contributed by atoms with Crippen LogP contribution in [0.4, 0.5) is 0 Å². The van der Waals surface area contributed by atoms with Crippen LogP contribution in [0.2, 0.25) is 0 Å². The molecule has 0 radical (unpaired) electrons. The van der Waals surface area contributed by atoms with E-state index in [2.05, 4.69) is 13.2 Å². The summed E-state index contributed by atoms with van der Waals surface area (Å²) in [7, 11) is 0. The number of carbonyl (C=O) groups excluding carboxylic acids is 4. The Balaban J connectivity index is -0.000000664. The van der Waals surface area contributed by atoms with E-state index in [0.717, 1.165) is 6.42 Å². The van der Waals surface area contributed by atoms with Gasteiger partial charge < -0.3 is 23.7 Å². The Labute approximate surface area is 230 Å². The van der Waals surface area contributed by atoms with Crippen LogP contribution < -0.4 is 0 Å². The second-order valence-electron chi connectivity index (χ2n) is 9.45. The lowest BCUT2D eigenvalue weighted by atomic mass is 9.99. The van der Waals surface area contributed by atoms with Crippen LogP contribution in [-0.4, -0.2) is 61.5 Å². The number of hydrogen-bond donors (Lipinski definition) is 0. The van der Waals surface area contributed by atoms with E-state index in [-0.39, 0.29) is 44.9 Å². The maximum absolute atomic E-state index is 12.1. The minimum Gasteiger partial charge on any atom is -0.466 e. The highest BCUT2D eigenvalue weighted by Gasteiger charge is 2.34. The van der Waals surface area contributed by atoms with E-state index in [1.807, 2.05) is 20.8 Å². The van der Waals surface area contributed by atoms with Crippen LogP contribution in [0.25, 0.3) is 0 Å². The molecule has 0 aromatic rings. The Hall–Kier alpha value is -2.68. The van der Waals surface area contributed by atoms with Gasteiger partial charge in [-0.05, 0) is 67.7 Å². The number of rotatable bonds is 13. The molecule has 1 saturated heterocycles. The Morgan fingerprint density at radius 2 is 1.55 bits per heavy atom. The summed E-state index contributed by atoms with van der Waals surface area (Å²) in [4.78, 5) is 46.0. The number of ether oxygens (including phenoxy) is 5. The van der Waals surface area contributed by atoms with Gasteiger partial charge in [-0.3, -0.25) is 9.59 Å². The van der Waals surface area contributed by atoms with Crippen molar-refractivity contribution in [3.63, 3.8) is 0 Å². The maximum Gasteiger partial charge on any atom is 0.333 e. The van der Waals surface area contributed by atoms with E-state index >= 15 is 0 Å². The summed E-state index contributed by atoms with van der Waals surface area (Å²) in [5.74, 6) is -2.49. The largest absolute Gasteiger partial charge is 0.466 e. The van der Waals surface area contributed by atoms with Crippen LogP contribution in [0, 0.1) is 11.8 Å². The Morgan fingerprint density at radius 3 is 1.97 bits per heavy atom. The van der Waals surface area contributed by atoms with Gasteiger partial charge in [-0.2, -0.15) is 0 Å². The van der Waals surface area contributed by atoms with E-state index in [0.29, 0.717) is 37.2 Å². The first-order valence-corrected chi connectivity index (χ1v) is 12.4. The smallest absolute Gasteiger partial charge is 0.333 e. The van der Waals surface area contributed by atoms with Crippen molar-refractivity contribution in [2.24, 2.45) is 11.8 Å². The monoisotopic (exact) mass is 544 g/mol. The fourth-order valence-corrected chi connectivity index (χ4v) is 3.00. The minimum absolute atomic E-state index is 0. The highest BCUT2D eigenvalue weighted by atomic mass is 16.6. The van der Waals surface area contributed by atoms with E-state index in [1.54, 1.807) is 34.6 Å². The van der Waals surface area contributed by atoms with Crippen molar-refractivity contribution in [3.8, 4) is 0 Å². The molecule has 4 unspecified atom stereocenters. The predicted octanol–water partition coefficient (Wildman–Crippen LogP) is 5.60. The summed E-state index contributed by atoms with van der Waals surface area (Å²) in [6, 6.07) is 0. The molecular weight excluding hydrogens is 492 g/mol. The second kappa shape index (κ2) is 19.4. The maximum atomic E-state index is 12.1. The molecule has 0 saturated carbocycles. The van der Waals surface area contributed by atoms with Gasteiger partial charge in [0.1, 0.15) is 12.2 Å². The van der Waals surface area contributed by atoms with Crippen LogP contribution in [-0.2, 0) is 42.9 Å². The Kier molecular flexibility index (Phi) is 20.3. The van der Waals surface area contributed by atoms with Gasteiger partial charge in [0.15, 0.2) is 0 Å². The van der Waals surface area contributed by atoms with Gasteiger partial charge in [-0.1, -0.05) is 34.9 Å². The fraction of sp³-hybridized carbons (Fsp3) is 0.724. The average Bonchev–Trinajstić information content (AvgIpc) is 3.22. The third-order valence-corrected chi connectivity index (χ3v) is 5.75. The zero-order valence-electron chi connectivity index (χ0n) is 23.1. The molecule has 0 N–H and O–H groups in total. The summed E-state index contributed by atoms with van der Waals surface area (Å²) in [5, 5.41) is 0. The molecule has 1 fully saturated rings. The van der Waals surface area contributed by atoms with Crippen molar-refractivity contribution in [3.05, 3.63) is 24.3 Å². The van der Waals surface area contributed by atoms with Crippen molar-refractivity contribution < 1.29 is 42.9 Å². The molecule has 38 heavy (non-hydrogen) atoms. The molecule has 1 aliphatic heterocycles. The Bertz CT molecular complexity index is 785. The SMILES string of the molecule is C.C.C=C(C)C(=O)OC(C)C(CCOC(C)(C)CC)C(=O)OCC.C=C(C)C(=O)OC(C)C1CCOC1=O. The van der Waals surface area contributed by atoms with Gasteiger partial charge in [0.25, 0.3) is 0 Å². The molecule has 9 nitrogen and oxygen atoms in total. The van der Waals surface area contributed by atoms with Gasteiger partial charge in [0.05, 0.1) is 30.7 Å². The molecule has 0 aromatic carbocycles. The summed E-state index contributed by atoms with van der Waals surface area (Å²) >= 11 is 0. The van der Waals surface area contributed by atoms with Gasteiger partial charge in [0.2, 0.25) is 0 Å². The van der Waals surface area contributed by atoms with Crippen molar-refractivity contribution in [1.82, 2.24) is 0 Å². The minimum atomic E-state index is -0.586. The lowest BCUT2D eigenvalue weighted by Gasteiger charge is -2.26. The molecule has 9 heteroatoms. The zero-order chi connectivity index (χ0) is 28.1. The van der Waals surface area contributed by atoms with Gasteiger partial charge in [0, 0.05) is 17.8 Å². The molecule has 222 valence electrons. The molecule has 0 spiro atoms. The third kappa shape index (κ3) is 14.9. The third-order valence-electron chi connectivity index (χ3n) is 5.75. The van der Waals surface area contributed by atoms with Crippen LogP contribution in [0.1, 0.15) is 89.5 Å². The van der Waals surface area contributed by atoms with E-state index in [9.17, 15) is 19.2 Å². The average molecular weight is 545 g/mol. The molecule has 1 heterocycles. The molecule has 0 aromatic heterocycles. The standard InChI is InChI=1S/C17H30O5.C10H14O4.2CH4/c1-8-17(6,7)21-11-10-14(16(19)20-9-2)13(5)22-15(18)12(3)4;1-6(2)9(11)14-7(3)8-4-5-13-10(8)12;;/h13-14H,3,8-11H2,1-2,4-7H3;7-8H,1,4-5H2,2-3H3;2*1H4. The molecule has 4 atom stereocenters. The summed E-state index contributed by atoms with van der Waals surface area (Å²) in [6.07, 6.45) is 0.902. The molecule has 1 rings (SSSR count). The Morgan fingerprint density at radius 1 is 1.03 bits per heavy atom. The number of cyclic esters (lactones) is 1. The molecule has 0 aliphatic carbocycles. The molecule has 0 amide bonds. The summed E-state index contributed by atoms with van der Waals surface area (Å²) < 4.78 is 25.9. The number of esters is 4. The summed E-state index contributed by atoms with van der Waals surface area (Å²) in [6.45, 7) is 22.4. The lowest BCUT2D eigenvalue weighted by molar-refractivity contribution is -0.160. The first-order chi connectivity index (χ1) is 16.7. The van der Waals surface area contributed by atoms with Crippen LogP contribution in [0.5, 0.6) is 0 Å².